The van der Waals surface area contributed by atoms with Crippen LogP contribution in [-0.2, 0) is 11.3 Å². The summed E-state index contributed by atoms with van der Waals surface area (Å²) in [5.74, 6) is 1.03. The zero-order valence-electron chi connectivity index (χ0n) is 22.3. The molecule has 0 radical (unpaired) electrons. The number of thiophene rings is 1. The lowest BCUT2D eigenvalue weighted by Crippen LogP contribution is -2.42. The van der Waals surface area contributed by atoms with Crippen molar-refractivity contribution in [2.75, 3.05) is 31.5 Å². The van der Waals surface area contributed by atoms with Crippen LogP contribution in [0.4, 0.5) is 5.95 Å². The van der Waals surface area contributed by atoms with Gasteiger partial charge in [-0.25, -0.2) is 9.97 Å². The molecule has 3 fully saturated rings. The summed E-state index contributed by atoms with van der Waals surface area (Å²) in [4.78, 5) is 40.3. The normalized spacial score (nSPS) is 22.7. The van der Waals surface area contributed by atoms with Crippen molar-refractivity contribution in [3.63, 3.8) is 0 Å². The van der Waals surface area contributed by atoms with Crippen LogP contribution in [0.15, 0.2) is 60.0 Å². The molecule has 9 nitrogen and oxygen atoms in total. The van der Waals surface area contributed by atoms with E-state index in [1.54, 1.807) is 12.3 Å². The monoisotopic (exact) mass is 556 g/mol. The molecule has 0 bridgehead atoms. The molecule has 0 unspecified atom stereocenters. The number of carbonyl (C=O) groups is 2. The Morgan fingerprint density at radius 2 is 2.02 bits per heavy atom. The van der Waals surface area contributed by atoms with Crippen LogP contribution in [0.3, 0.4) is 0 Å². The Morgan fingerprint density at radius 3 is 2.80 bits per heavy atom. The molecule has 1 aromatic carbocycles. The van der Waals surface area contributed by atoms with Gasteiger partial charge < -0.3 is 13.9 Å². The number of benzene rings is 1. The average molecular weight is 557 g/mol. The van der Waals surface area contributed by atoms with Gasteiger partial charge in [0.05, 0.1) is 27.0 Å². The second-order valence-corrected chi connectivity index (χ2v) is 12.5. The summed E-state index contributed by atoms with van der Waals surface area (Å²) < 4.78 is 7.63. The molecule has 2 aliphatic heterocycles. The fourth-order valence-electron chi connectivity index (χ4n) is 6.69. The van der Waals surface area contributed by atoms with Crippen molar-refractivity contribution >= 4 is 40.1 Å². The molecular weight excluding hydrogens is 524 g/mol. The van der Waals surface area contributed by atoms with Gasteiger partial charge in [0, 0.05) is 25.7 Å². The van der Waals surface area contributed by atoms with E-state index >= 15 is 0 Å². The van der Waals surface area contributed by atoms with E-state index in [0.29, 0.717) is 16.6 Å². The smallest absolute Gasteiger partial charge is 0.268 e. The highest BCUT2D eigenvalue weighted by atomic mass is 32.1. The third kappa shape index (κ3) is 4.54. The summed E-state index contributed by atoms with van der Waals surface area (Å²) in [6.07, 6.45) is 9.85. The van der Waals surface area contributed by atoms with E-state index in [0.717, 1.165) is 67.9 Å². The van der Waals surface area contributed by atoms with Gasteiger partial charge in [-0.05, 0) is 86.5 Å². The minimum atomic E-state index is -0.192. The number of aromatic nitrogens is 3. The van der Waals surface area contributed by atoms with Crippen LogP contribution in [0.25, 0.3) is 21.7 Å². The first-order chi connectivity index (χ1) is 19.5. The van der Waals surface area contributed by atoms with Gasteiger partial charge in [-0.3, -0.25) is 19.8 Å². The number of hydrogen-bond donors (Lipinski definition) is 1. The van der Waals surface area contributed by atoms with Gasteiger partial charge in [-0.2, -0.15) is 0 Å². The zero-order valence-corrected chi connectivity index (χ0v) is 23.2. The number of nitrogens with one attached hydrogen (secondary N) is 1. The molecule has 2 amide bonds. The van der Waals surface area contributed by atoms with Crippen molar-refractivity contribution in [3.05, 3.63) is 66.0 Å². The molecule has 1 spiro atoms. The summed E-state index contributed by atoms with van der Waals surface area (Å²) in [5.41, 5.74) is 3.32. The highest BCUT2D eigenvalue weighted by Crippen LogP contribution is 2.55. The summed E-state index contributed by atoms with van der Waals surface area (Å²) in [6, 6.07) is 10.4. The molecule has 7 rings (SSSR count). The SMILES string of the molecule is C=CC(=O)N1CC[C@]2(C1)C[C@@H](n1c(NC(=O)c3ccc(-c4cnco4)s3)nc3ccc(CN4CCCC4)cc31)C2. The molecule has 4 aromatic rings. The Morgan fingerprint density at radius 1 is 1.18 bits per heavy atom. The molecule has 1 N–H and O–H groups in total. The number of amides is 2. The van der Waals surface area contributed by atoms with Crippen molar-refractivity contribution in [1.82, 2.24) is 24.3 Å². The molecule has 3 aliphatic rings. The Kier molecular flexibility index (Phi) is 6.31. The number of likely N-dealkylation sites (tertiary alicyclic amines) is 2. The predicted octanol–water partition coefficient (Wildman–Crippen LogP) is 5.34. The minimum absolute atomic E-state index is 0.00793. The van der Waals surface area contributed by atoms with Crippen LogP contribution in [0.1, 0.15) is 53.4 Å². The summed E-state index contributed by atoms with van der Waals surface area (Å²) >= 11 is 1.37. The van der Waals surface area contributed by atoms with Crippen molar-refractivity contribution in [1.29, 1.82) is 0 Å². The van der Waals surface area contributed by atoms with E-state index in [1.165, 1.54) is 42.2 Å². The van der Waals surface area contributed by atoms with Crippen LogP contribution >= 0.6 is 11.3 Å². The Balaban J connectivity index is 1.18. The quantitative estimate of drug-likeness (QED) is 0.309. The Labute approximate surface area is 236 Å². The van der Waals surface area contributed by atoms with E-state index in [4.69, 9.17) is 9.40 Å². The first-order valence-corrected chi connectivity index (χ1v) is 14.8. The van der Waals surface area contributed by atoms with E-state index in [2.05, 4.69) is 44.5 Å². The van der Waals surface area contributed by atoms with Crippen molar-refractivity contribution in [2.24, 2.45) is 5.41 Å². The first kappa shape index (κ1) is 25.2. The highest BCUT2D eigenvalue weighted by Gasteiger charge is 2.50. The highest BCUT2D eigenvalue weighted by molar-refractivity contribution is 7.17. The van der Waals surface area contributed by atoms with Gasteiger partial charge in [0.25, 0.3) is 5.91 Å². The molecule has 3 aromatic heterocycles. The van der Waals surface area contributed by atoms with E-state index < -0.39 is 0 Å². The number of fused-ring (bicyclic) bond motifs is 1. The molecular formula is C30H32N6O3S. The number of anilines is 1. The number of hydrogen-bond acceptors (Lipinski definition) is 7. The van der Waals surface area contributed by atoms with Crippen molar-refractivity contribution in [3.8, 4) is 10.6 Å². The van der Waals surface area contributed by atoms with Gasteiger partial charge in [-0.1, -0.05) is 12.6 Å². The second-order valence-electron chi connectivity index (χ2n) is 11.4. The van der Waals surface area contributed by atoms with Gasteiger partial charge in [0.1, 0.15) is 0 Å². The van der Waals surface area contributed by atoms with Gasteiger partial charge in [0.15, 0.2) is 12.2 Å². The molecule has 1 aliphatic carbocycles. The minimum Gasteiger partial charge on any atom is -0.443 e. The van der Waals surface area contributed by atoms with Gasteiger partial charge in [-0.15, -0.1) is 11.3 Å². The fourth-order valence-corrected chi connectivity index (χ4v) is 7.55. The lowest BCUT2D eigenvalue weighted by Gasteiger charge is -2.46. The number of rotatable bonds is 7. The standard InChI is InChI=1S/C30H32N6O3S/c1-2-27(37)35-12-9-30(18-35)14-21(15-30)36-23-13-20(17-34-10-3-4-11-34)5-6-22(23)32-29(36)33-28(38)26-8-7-25(40-26)24-16-31-19-39-24/h2,5-8,13,16,19,21H,1,3-4,9-12,14-15,17-18H2,(H,32,33,38)/t21-,30+. The number of nitrogens with zero attached hydrogens (tertiary/aromatic N) is 5. The van der Waals surface area contributed by atoms with Crippen LogP contribution in [0, 0.1) is 5.41 Å². The number of imidazole rings is 1. The lowest BCUT2D eigenvalue weighted by molar-refractivity contribution is -0.125. The van der Waals surface area contributed by atoms with Crippen molar-refractivity contribution in [2.45, 2.75) is 44.7 Å². The third-order valence-corrected chi connectivity index (χ3v) is 9.81. The molecule has 1 saturated carbocycles. The molecule has 5 heterocycles. The van der Waals surface area contributed by atoms with Crippen LogP contribution in [-0.4, -0.2) is 62.3 Å². The Hall–Kier alpha value is -3.76. The number of carbonyl (C=O) groups excluding carboxylic acids is 2. The summed E-state index contributed by atoms with van der Waals surface area (Å²) in [7, 11) is 0. The van der Waals surface area contributed by atoms with E-state index in [9.17, 15) is 9.59 Å². The average Bonchev–Trinajstić information content (AvgIpc) is 3.76. The first-order valence-electron chi connectivity index (χ1n) is 13.9. The molecule has 206 valence electrons. The van der Waals surface area contributed by atoms with E-state index in [-0.39, 0.29) is 23.3 Å². The second kappa shape index (κ2) is 10.0. The molecule has 0 atom stereocenters. The largest absolute Gasteiger partial charge is 0.443 e. The lowest BCUT2D eigenvalue weighted by atomic mass is 9.64. The van der Waals surface area contributed by atoms with Crippen molar-refractivity contribution < 1.29 is 14.0 Å². The third-order valence-electron chi connectivity index (χ3n) is 8.72. The van der Waals surface area contributed by atoms with Gasteiger partial charge in [0.2, 0.25) is 11.9 Å². The number of oxazole rings is 1. The maximum Gasteiger partial charge on any atom is 0.268 e. The fraction of sp³-hybridized carbons (Fsp3) is 0.400. The molecule has 2 saturated heterocycles. The maximum absolute atomic E-state index is 13.4. The molecule has 10 heteroatoms. The topological polar surface area (TPSA) is 96.5 Å². The zero-order chi connectivity index (χ0) is 27.3. The van der Waals surface area contributed by atoms with Crippen LogP contribution < -0.4 is 5.32 Å². The van der Waals surface area contributed by atoms with Crippen LogP contribution in [0.2, 0.25) is 0 Å². The molecule has 40 heavy (non-hydrogen) atoms. The van der Waals surface area contributed by atoms with E-state index in [1.807, 2.05) is 11.0 Å². The summed E-state index contributed by atoms with van der Waals surface area (Å²) in [6.45, 7) is 8.40. The Bertz CT molecular complexity index is 1580. The summed E-state index contributed by atoms with van der Waals surface area (Å²) in [5, 5.41) is 3.12. The maximum atomic E-state index is 13.4. The van der Waals surface area contributed by atoms with Gasteiger partial charge >= 0.3 is 0 Å². The van der Waals surface area contributed by atoms with Crippen LogP contribution in [0.5, 0.6) is 0 Å². The predicted molar refractivity (Wildman–Crippen MR) is 154 cm³/mol.